The summed E-state index contributed by atoms with van der Waals surface area (Å²) in [5, 5.41) is 5.86. The van der Waals surface area contributed by atoms with Crippen molar-refractivity contribution in [3.8, 4) is 11.5 Å². The summed E-state index contributed by atoms with van der Waals surface area (Å²) in [4.78, 5) is 12.4. The molecule has 0 saturated carbocycles. The van der Waals surface area contributed by atoms with E-state index in [9.17, 15) is 4.79 Å². The topological polar surface area (TPSA) is 68.8 Å². The highest BCUT2D eigenvalue weighted by molar-refractivity contribution is 7.80. The standard InChI is InChI=1S/C21H26N2O4S/c1-4-25-11-12-26-18-9-5-7-16(13-18)20(24)23-21(28)22-17-8-6-10-19(14-17)27-15(2)3/h5-10,13-15H,4,11-12H2,1-3H3,(H2,22,23,24,28). The van der Waals surface area contributed by atoms with Crippen molar-refractivity contribution in [3.63, 3.8) is 0 Å². The van der Waals surface area contributed by atoms with E-state index in [0.717, 1.165) is 11.4 Å². The fourth-order valence-electron chi connectivity index (χ4n) is 2.35. The molecule has 2 N–H and O–H groups in total. The molecule has 28 heavy (non-hydrogen) atoms. The van der Waals surface area contributed by atoms with Crippen molar-refractivity contribution in [1.82, 2.24) is 5.32 Å². The van der Waals surface area contributed by atoms with Gasteiger partial charge in [-0.2, -0.15) is 0 Å². The fourth-order valence-corrected chi connectivity index (χ4v) is 2.56. The van der Waals surface area contributed by atoms with Crippen LogP contribution in [0.5, 0.6) is 11.5 Å². The van der Waals surface area contributed by atoms with E-state index >= 15 is 0 Å². The summed E-state index contributed by atoms with van der Waals surface area (Å²) in [5.41, 5.74) is 1.19. The normalized spacial score (nSPS) is 10.4. The number of rotatable bonds is 9. The number of nitrogens with one attached hydrogen (secondary N) is 2. The van der Waals surface area contributed by atoms with Crippen LogP contribution in [0, 0.1) is 0 Å². The maximum Gasteiger partial charge on any atom is 0.257 e. The van der Waals surface area contributed by atoms with E-state index in [2.05, 4.69) is 10.6 Å². The zero-order valence-electron chi connectivity index (χ0n) is 16.4. The lowest BCUT2D eigenvalue weighted by Crippen LogP contribution is -2.34. The van der Waals surface area contributed by atoms with Gasteiger partial charge in [-0.25, -0.2) is 0 Å². The van der Waals surface area contributed by atoms with E-state index in [1.54, 1.807) is 24.3 Å². The first-order valence-corrected chi connectivity index (χ1v) is 9.58. The molecule has 0 aliphatic heterocycles. The van der Waals surface area contributed by atoms with Crippen LogP contribution in [0.3, 0.4) is 0 Å². The van der Waals surface area contributed by atoms with Crippen molar-refractivity contribution in [1.29, 1.82) is 0 Å². The maximum absolute atomic E-state index is 12.4. The molecule has 0 bridgehead atoms. The summed E-state index contributed by atoms with van der Waals surface area (Å²) in [6.07, 6.45) is 0.0740. The van der Waals surface area contributed by atoms with E-state index in [0.29, 0.717) is 31.1 Å². The average Bonchev–Trinajstić information content (AvgIpc) is 2.65. The van der Waals surface area contributed by atoms with Gasteiger partial charge in [-0.3, -0.25) is 10.1 Å². The Morgan fingerprint density at radius 3 is 2.57 bits per heavy atom. The summed E-state index contributed by atoms with van der Waals surface area (Å²) in [5.74, 6) is 1.01. The van der Waals surface area contributed by atoms with E-state index in [1.165, 1.54) is 0 Å². The molecular formula is C21H26N2O4S. The van der Waals surface area contributed by atoms with Gasteiger partial charge in [0.2, 0.25) is 0 Å². The lowest BCUT2D eigenvalue weighted by atomic mass is 10.2. The molecule has 150 valence electrons. The average molecular weight is 403 g/mol. The molecule has 2 aromatic rings. The number of ether oxygens (including phenoxy) is 3. The first-order chi connectivity index (χ1) is 13.5. The van der Waals surface area contributed by atoms with Gasteiger partial charge in [0, 0.05) is 23.9 Å². The molecule has 0 fully saturated rings. The van der Waals surface area contributed by atoms with Gasteiger partial charge in [-0.05, 0) is 63.3 Å². The van der Waals surface area contributed by atoms with Crippen LogP contribution in [0.25, 0.3) is 0 Å². The van der Waals surface area contributed by atoms with Gasteiger partial charge < -0.3 is 19.5 Å². The lowest BCUT2D eigenvalue weighted by molar-refractivity contribution is 0.0976. The molecule has 0 aliphatic rings. The predicted molar refractivity (Wildman–Crippen MR) is 114 cm³/mol. The Labute approximate surface area is 171 Å². The molecule has 0 unspecified atom stereocenters. The van der Waals surface area contributed by atoms with Crippen molar-refractivity contribution in [2.45, 2.75) is 26.9 Å². The Kier molecular flexibility index (Phi) is 8.71. The molecule has 2 rings (SSSR count). The summed E-state index contributed by atoms with van der Waals surface area (Å²) < 4.78 is 16.5. The highest BCUT2D eigenvalue weighted by Gasteiger charge is 2.10. The highest BCUT2D eigenvalue weighted by Crippen LogP contribution is 2.18. The molecule has 0 saturated heterocycles. The van der Waals surface area contributed by atoms with Crippen molar-refractivity contribution >= 4 is 28.9 Å². The number of anilines is 1. The Balaban J connectivity index is 1.91. The lowest BCUT2D eigenvalue weighted by Gasteiger charge is -2.13. The van der Waals surface area contributed by atoms with Crippen LogP contribution in [0.1, 0.15) is 31.1 Å². The smallest absolute Gasteiger partial charge is 0.257 e. The zero-order valence-corrected chi connectivity index (χ0v) is 17.2. The second-order valence-corrected chi connectivity index (χ2v) is 6.58. The van der Waals surface area contributed by atoms with E-state index < -0.39 is 0 Å². The molecule has 1 amide bonds. The Morgan fingerprint density at radius 2 is 1.82 bits per heavy atom. The van der Waals surface area contributed by atoms with Crippen molar-refractivity contribution in [2.75, 3.05) is 25.1 Å². The molecule has 0 aromatic heterocycles. The van der Waals surface area contributed by atoms with Crippen molar-refractivity contribution < 1.29 is 19.0 Å². The van der Waals surface area contributed by atoms with Crippen LogP contribution in [0.2, 0.25) is 0 Å². The maximum atomic E-state index is 12.4. The van der Waals surface area contributed by atoms with Gasteiger partial charge in [0.15, 0.2) is 5.11 Å². The Hall–Kier alpha value is -2.64. The van der Waals surface area contributed by atoms with Crippen molar-refractivity contribution in [2.24, 2.45) is 0 Å². The summed E-state index contributed by atoms with van der Waals surface area (Å²) in [6.45, 7) is 7.41. The van der Waals surface area contributed by atoms with Gasteiger partial charge in [-0.1, -0.05) is 12.1 Å². The quantitative estimate of drug-likeness (QED) is 0.488. The SMILES string of the molecule is CCOCCOc1cccc(C(=O)NC(=S)Nc2cccc(OC(C)C)c2)c1. The van der Waals surface area contributed by atoms with Gasteiger partial charge in [-0.15, -0.1) is 0 Å². The number of hydrogen-bond donors (Lipinski definition) is 2. The van der Waals surface area contributed by atoms with Crippen LogP contribution < -0.4 is 20.1 Å². The van der Waals surface area contributed by atoms with Crippen LogP contribution in [-0.4, -0.2) is 36.9 Å². The van der Waals surface area contributed by atoms with E-state index in [1.807, 2.05) is 45.0 Å². The molecule has 0 atom stereocenters. The summed E-state index contributed by atoms with van der Waals surface area (Å²) in [7, 11) is 0. The van der Waals surface area contributed by atoms with Gasteiger partial charge in [0.1, 0.15) is 18.1 Å². The number of thiocarbonyl (C=S) groups is 1. The molecular weight excluding hydrogens is 376 g/mol. The second kappa shape index (κ2) is 11.3. The number of carbonyl (C=O) groups excluding carboxylic acids is 1. The molecule has 0 radical (unpaired) electrons. The van der Waals surface area contributed by atoms with Crippen LogP contribution in [-0.2, 0) is 4.74 Å². The van der Waals surface area contributed by atoms with E-state index in [4.69, 9.17) is 26.4 Å². The Morgan fingerprint density at radius 1 is 1.07 bits per heavy atom. The first kappa shape index (κ1) is 21.7. The minimum absolute atomic E-state index is 0.0740. The van der Waals surface area contributed by atoms with Gasteiger partial charge in [0.25, 0.3) is 5.91 Å². The molecule has 0 spiro atoms. The molecule has 0 heterocycles. The van der Waals surface area contributed by atoms with Gasteiger partial charge >= 0.3 is 0 Å². The molecule has 7 heteroatoms. The van der Waals surface area contributed by atoms with Crippen LogP contribution in [0.4, 0.5) is 5.69 Å². The van der Waals surface area contributed by atoms with Crippen LogP contribution in [0.15, 0.2) is 48.5 Å². The predicted octanol–water partition coefficient (Wildman–Crippen LogP) is 4.02. The molecule has 6 nitrogen and oxygen atoms in total. The summed E-state index contributed by atoms with van der Waals surface area (Å²) in [6, 6.07) is 14.3. The fraction of sp³-hybridized carbons (Fsp3) is 0.333. The number of hydrogen-bond acceptors (Lipinski definition) is 5. The largest absolute Gasteiger partial charge is 0.491 e. The number of carbonyl (C=O) groups is 1. The third-order valence-corrected chi connectivity index (χ3v) is 3.69. The summed E-state index contributed by atoms with van der Waals surface area (Å²) >= 11 is 5.24. The van der Waals surface area contributed by atoms with Crippen LogP contribution >= 0.6 is 12.2 Å². The van der Waals surface area contributed by atoms with Crippen molar-refractivity contribution in [3.05, 3.63) is 54.1 Å². The third kappa shape index (κ3) is 7.54. The zero-order chi connectivity index (χ0) is 20.4. The Bertz CT molecular complexity index is 795. The third-order valence-electron chi connectivity index (χ3n) is 3.49. The molecule has 2 aromatic carbocycles. The number of benzene rings is 2. The molecule has 0 aliphatic carbocycles. The first-order valence-electron chi connectivity index (χ1n) is 9.17. The second-order valence-electron chi connectivity index (χ2n) is 6.18. The minimum Gasteiger partial charge on any atom is -0.491 e. The monoisotopic (exact) mass is 402 g/mol. The minimum atomic E-state index is -0.317. The van der Waals surface area contributed by atoms with Gasteiger partial charge in [0.05, 0.1) is 12.7 Å². The van der Waals surface area contributed by atoms with E-state index in [-0.39, 0.29) is 17.1 Å². The number of amides is 1. The highest BCUT2D eigenvalue weighted by atomic mass is 32.1.